The highest BCUT2D eigenvalue weighted by atomic mass is 16.2. The van der Waals surface area contributed by atoms with E-state index in [2.05, 4.69) is 10.2 Å². The topological polar surface area (TPSA) is 69.7 Å². The van der Waals surface area contributed by atoms with E-state index in [4.69, 9.17) is 0 Å². The molecule has 1 saturated carbocycles. The summed E-state index contributed by atoms with van der Waals surface area (Å²) in [5, 5.41) is 2.41. The molecule has 116 valence electrons. The van der Waals surface area contributed by atoms with E-state index in [1.54, 1.807) is 0 Å². The Labute approximate surface area is 124 Å². The highest BCUT2D eigenvalue weighted by Crippen LogP contribution is 2.35. The number of imide groups is 2. The van der Waals surface area contributed by atoms with Crippen LogP contribution in [0.3, 0.4) is 0 Å². The van der Waals surface area contributed by atoms with E-state index in [9.17, 15) is 14.4 Å². The van der Waals surface area contributed by atoms with Crippen LogP contribution in [0.5, 0.6) is 0 Å². The third kappa shape index (κ3) is 2.69. The summed E-state index contributed by atoms with van der Waals surface area (Å²) in [5.41, 5.74) is 0. The maximum atomic E-state index is 12.7. The number of rotatable bonds is 2. The van der Waals surface area contributed by atoms with Gasteiger partial charge in [-0.05, 0) is 51.7 Å². The van der Waals surface area contributed by atoms with Crippen LogP contribution in [-0.2, 0) is 9.59 Å². The molecule has 1 aliphatic carbocycles. The lowest BCUT2D eigenvalue weighted by atomic mass is 9.86. The maximum absolute atomic E-state index is 12.7. The zero-order chi connectivity index (χ0) is 15.0. The van der Waals surface area contributed by atoms with Crippen LogP contribution in [0.25, 0.3) is 0 Å². The zero-order valence-electron chi connectivity index (χ0n) is 12.5. The summed E-state index contributed by atoms with van der Waals surface area (Å²) in [7, 11) is 2.04. The Bertz CT molecular complexity index is 451. The molecule has 6 heteroatoms. The van der Waals surface area contributed by atoms with Gasteiger partial charge in [-0.15, -0.1) is 0 Å². The number of hydrogen-bond donors (Lipinski definition) is 1. The second kappa shape index (κ2) is 5.75. The van der Waals surface area contributed by atoms with Crippen molar-refractivity contribution in [2.45, 2.75) is 44.6 Å². The van der Waals surface area contributed by atoms with Crippen molar-refractivity contribution >= 4 is 17.8 Å². The first kappa shape index (κ1) is 14.5. The summed E-state index contributed by atoms with van der Waals surface area (Å²) in [6, 6.07) is -0.584. The lowest BCUT2D eigenvalue weighted by Gasteiger charge is -2.40. The molecule has 1 unspecified atom stereocenters. The molecule has 2 saturated heterocycles. The van der Waals surface area contributed by atoms with E-state index in [0.717, 1.165) is 51.6 Å². The number of amides is 4. The molecule has 0 aromatic heterocycles. The number of nitrogens with zero attached hydrogens (tertiary/aromatic N) is 2. The van der Waals surface area contributed by atoms with Crippen molar-refractivity contribution in [1.82, 2.24) is 15.1 Å². The SMILES string of the molecule is CN1CCC(N2C(=O)NC(=O)C(C3CCCC3)C2=O)CC1. The molecule has 21 heavy (non-hydrogen) atoms. The molecule has 1 N–H and O–H groups in total. The molecular formula is C15H23N3O3. The van der Waals surface area contributed by atoms with Gasteiger partial charge in [0.25, 0.3) is 0 Å². The molecule has 0 bridgehead atoms. The number of barbiturate groups is 1. The summed E-state index contributed by atoms with van der Waals surface area (Å²) in [6.07, 6.45) is 5.56. The summed E-state index contributed by atoms with van der Waals surface area (Å²) >= 11 is 0. The molecule has 2 aliphatic heterocycles. The van der Waals surface area contributed by atoms with Crippen molar-refractivity contribution in [3.8, 4) is 0 Å². The molecular weight excluding hydrogens is 270 g/mol. The lowest BCUT2D eigenvalue weighted by Crippen LogP contribution is -2.63. The average Bonchev–Trinajstić information content (AvgIpc) is 2.94. The lowest BCUT2D eigenvalue weighted by molar-refractivity contribution is -0.147. The summed E-state index contributed by atoms with van der Waals surface area (Å²) in [4.78, 5) is 40.5. The predicted octanol–water partition coefficient (Wildman–Crippen LogP) is 0.965. The van der Waals surface area contributed by atoms with Crippen LogP contribution in [0, 0.1) is 11.8 Å². The zero-order valence-corrected chi connectivity index (χ0v) is 12.5. The van der Waals surface area contributed by atoms with Gasteiger partial charge in [0.1, 0.15) is 5.92 Å². The Morgan fingerprint density at radius 3 is 2.24 bits per heavy atom. The first-order valence-corrected chi connectivity index (χ1v) is 7.94. The van der Waals surface area contributed by atoms with Gasteiger partial charge in [-0.1, -0.05) is 12.8 Å². The molecule has 2 heterocycles. The van der Waals surface area contributed by atoms with E-state index in [0.29, 0.717) is 0 Å². The Morgan fingerprint density at radius 1 is 1.00 bits per heavy atom. The molecule has 0 spiro atoms. The quantitative estimate of drug-likeness (QED) is 0.770. The highest BCUT2D eigenvalue weighted by molar-refractivity contribution is 6.16. The minimum atomic E-state index is -0.648. The van der Waals surface area contributed by atoms with Crippen LogP contribution in [0.15, 0.2) is 0 Å². The molecule has 0 aromatic rings. The van der Waals surface area contributed by atoms with Gasteiger partial charge in [0.15, 0.2) is 0 Å². The van der Waals surface area contributed by atoms with Crippen molar-refractivity contribution in [2.24, 2.45) is 11.8 Å². The van der Waals surface area contributed by atoms with Gasteiger partial charge in [-0.25, -0.2) is 4.79 Å². The molecule has 0 aromatic carbocycles. The Morgan fingerprint density at radius 2 is 1.62 bits per heavy atom. The van der Waals surface area contributed by atoms with Crippen LogP contribution in [0.4, 0.5) is 4.79 Å². The van der Waals surface area contributed by atoms with Crippen molar-refractivity contribution in [3.63, 3.8) is 0 Å². The standard InChI is InChI=1S/C15H23N3O3/c1-17-8-6-11(7-9-17)18-14(20)12(10-4-2-3-5-10)13(19)16-15(18)21/h10-12H,2-9H2,1H3,(H,16,19,21). The van der Waals surface area contributed by atoms with Gasteiger partial charge in [-0.2, -0.15) is 0 Å². The Kier molecular flexibility index (Phi) is 3.97. The van der Waals surface area contributed by atoms with Crippen LogP contribution in [-0.4, -0.2) is 53.8 Å². The van der Waals surface area contributed by atoms with Crippen molar-refractivity contribution in [1.29, 1.82) is 0 Å². The van der Waals surface area contributed by atoms with E-state index in [-0.39, 0.29) is 23.8 Å². The van der Waals surface area contributed by atoms with Gasteiger partial charge >= 0.3 is 6.03 Å². The van der Waals surface area contributed by atoms with Gasteiger partial charge in [0.05, 0.1) is 0 Å². The molecule has 3 rings (SSSR count). The second-order valence-corrected chi connectivity index (χ2v) is 6.56. The van der Waals surface area contributed by atoms with Gasteiger partial charge in [-0.3, -0.25) is 19.8 Å². The fourth-order valence-corrected chi connectivity index (χ4v) is 3.91. The van der Waals surface area contributed by atoms with Crippen molar-refractivity contribution < 1.29 is 14.4 Å². The molecule has 3 fully saturated rings. The minimum Gasteiger partial charge on any atom is -0.306 e. The Hall–Kier alpha value is -1.43. The molecule has 6 nitrogen and oxygen atoms in total. The summed E-state index contributed by atoms with van der Waals surface area (Å²) in [5.74, 6) is -1.18. The second-order valence-electron chi connectivity index (χ2n) is 6.56. The van der Waals surface area contributed by atoms with Crippen molar-refractivity contribution in [2.75, 3.05) is 20.1 Å². The van der Waals surface area contributed by atoms with Gasteiger partial charge in [0, 0.05) is 6.04 Å². The normalized spacial score (nSPS) is 30.0. The smallest absolute Gasteiger partial charge is 0.306 e. The van der Waals surface area contributed by atoms with Crippen LogP contribution in [0.1, 0.15) is 38.5 Å². The average molecular weight is 293 g/mol. The van der Waals surface area contributed by atoms with Crippen LogP contribution >= 0.6 is 0 Å². The number of carbonyl (C=O) groups excluding carboxylic acids is 3. The van der Waals surface area contributed by atoms with E-state index in [1.807, 2.05) is 7.05 Å². The molecule has 0 radical (unpaired) electrons. The molecule has 4 amide bonds. The summed E-state index contributed by atoms with van der Waals surface area (Å²) in [6.45, 7) is 1.76. The largest absolute Gasteiger partial charge is 0.331 e. The van der Waals surface area contributed by atoms with Crippen LogP contribution < -0.4 is 5.32 Å². The first-order chi connectivity index (χ1) is 10.1. The number of piperidine rings is 1. The number of likely N-dealkylation sites (tertiary alicyclic amines) is 1. The van der Waals surface area contributed by atoms with E-state index in [1.165, 1.54) is 4.90 Å². The van der Waals surface area contributed by atoms with Gasteiger partial charge in [0.2, 0.25) is 11.8 Å². The number of carbonyl (C=O) groups is 3. The first-order valence-electron chi connectivity index (χ1n) is 7.94. The molecule has 1 atom stereocenters. The fourth-order valence-electron chi connectivity index (χ4n) is 3.91. The minimum absolute atomic E-state index is 0.0642. The van der Waals surface area contributed by atoms with Gasteiger partial charge < -0.3 is 4.90 Å². The number of urea groups is 1. The third-order valence-corrected chi connectivity index (χ3v) is 5.16. The summed E-state index contributed by atoms with van der Waals surface area (Å²) < 4.78 is 0. The monoisotopic (exact) mass is 293 g/mol. The third-order valence-electron chi connectivity index (χ3n) is 5.16. The van der Waals surface area contributed by atoms with E-state index < -0.39 is 11.9 Å². The van der Waals surface area contributed by atoms with E-state index >= 15 is 0 Å². The van der Waals surface area contributed by atoms with Crippen molar-refractivity contribution in [3.05, 3.63) is 0 Å². The van der Waals surface area contributed by atoms with Crippen LogP contribution in [0.2, 0.25) is 0 Å². The Balaban J connectivity index is 1.77. The fraction of sp³-hybridized carbons (Fsp3) is 0.800. The predicted molar refractivity (Wildman–Crippen MR) is 76.4 cm³/mol. The number of nitrogens with one attached hydrogen (secondary N) is 1. The maximum Gasteiger partial charge on any atom is 0.331 e. The highest BCUT2D eigenvalue weighted by Gasteiger charge is 2.47. The molecule has 3 aliphatic rings. The number of hydrogen-bond acceptors (Lipinski definition) is 4.